The van der Waals surface area contributed by atoms with Crippen LogP contribution in [0.3, 0.4) is 0 Å². The van der Waals surface area contributed by atoms with Gasteiger partial charge < -0.3 is 15.3 Å². The number of carbonyl (C=O) groups excluding carboxylic acids is 1. The zero-order valence-corrected chi connectivity index (χ0v) is 14.0. The van der Waals surface area contributed by atoms with Crippen molar-refractivity contribution in [2.75, 3.05) is 13.1 Å². The second-order valence-electron chi connectivity index (χ2n) is 7.01. The van der Waals surface area contributed by atoms with Crippen LogP contribution in [0.1, 0.15) is 50.0 Å². The molecule has 0 bridgehead atoms. The molecule has 5 nitrogen and oxygen atoms in total. The molecule has 1 aromatic carbocycles. The van der Waals surface area contributed by atoms with Gasteiger partial charge in [-0.1, -0.05) is 30.3 Å². The Morgan fingerprint density at radius 1 is 0.958 bits per heavy atom. The minimum atomic E-state index is -0.706. The van der Waals surface area contributed by atoms with Crippen molar-refractivity contribution in [1.29, 1.82) is 0 Å². The predicted octanol–water partition coefficient (Wildman–Crippen LogP) is 3.22. The van der Waals surface area contributed by atoms with Crippen LogP contribution in [0.4, 0.5) is 4.79 Å². The van der Waals surface area contributed by atoms with Crippen LogP contribution in [-0.2, 0) is 4.79 Å². The number of piperidine rings is 1. The first-order valence-corrected chi connectivity index (χ1v) is 8.96. The van der Waals surface area contributed by atoms with Gasteiger partial charge in [-0.05, 0) is 50.0 Å². The Morgan fingerprint density at radius 2 is 1.58 bits per heavy atom. The van der Waals surface area contributed by atoms with Crippen molar-refractivity contribution in [3.8, 4) is 0 Å². The molecular weight excluding hydrogens is 304 g/mol. The van der Waals surface area contributed by atoms with E-state index in [-0.39, 0.29) is 18.0 Å². The lowest BCUT2D eigenvalue weighted by Crippen LogP contribution is -2.48. The van der Waals surface area contributed by atoms with Crippen LogP contribution < -0.4 is 5.32 Å². The Bertz CT molecular complexity index is 559. The predicted molar refractivity (Wildman–Crippen MR) is 91.9 cm³/mol. The summed E-state index contributed by atoms with van der Waals surface area (Å²) in [5.74, 6) is -0.399. The first-order valence-electron chi connectivity index (χ1n) is 8.96. The van der Waals surface area contributed by atoms with Gasteiger partial charge in [-0.15, -0.1) is 0 Å². The zero-order valence-electron chi connectivity index (χ0n) is 14.0. The van der Waals surface area contributed by atoms with Crippen LogP contribution in [0.2, 0.25) is 0 Å². The van der Waals surface area contributed by atoms with Crippen LogP contribution >= 0.6 is 0 Å². The molecule has 1 aromatic rings. The number of carboxylic acid groups (broad SMARTS) is 1. The minimum absolute atomic E-state index is 0.0142. The molecule has 2 fully saturated rings. The Kier molecular flexibility index (Phi) is 5.38. The number of benzene rings is 1. The number of nitrogens with one attached hydrogen (secondary N) is 1. The third-order valence-electron chi connectivity index (χ3n) is 5.46. The largest absolute Gasteiger partial charge is 0.481 e. The molecule has 130 valence electrons. The first-order chi connectivity index (χ1) is 11.6. The van der Waals surface area contributed by atoms with Gasteiger partial charge in [-0.3, -0.25) is 4.79 Å². The normalized spacial score (nSPS) is 25.2. The van der Waals surface area contributed by atoms with E-state index < -0.39 is 5.97 Å². The van der Waals surface area contributed by atoms with E-state index in [4.69, 9.17) is 5.11 Å². The lowest BCUT2D eigenvalue weighted by molar-refractivity contribution is -0.142. The highest BCUT2D eigenvalue weighted by Gasteiger charge is 2.29. The minimum Gasteiger partial charge on any atom is -0.481 e. The van der Waals surface area contributed by atoms with Crippen molar-refractivity contribution in [2.45, 2.75) is 50.5 Å². The number of aliphatic carboxylic acids is 1. The van der Waals surface area contributed by atoms with Crippen LogP contribution in [0.15, 0.2) is 30.3 Å². The molecule has 1 aliphatic heterocycles. The summed E-state index contributed by atoms with van der Waals surface area (Å²) >= 11 is 0. The van der Waals surface area contributed by atoms with Crippen molar-refractivity contribution in [1.82, 2.24) is 10.2 Å². The number of likely N-dealkylation sites (tertiary alicyclic amines) is 1. The van der Waals surface area contributed by atoms with Gasteiger partial charge in [-0.2, -0.15) is 0 Å². The number of hydrogen-bond acceptors (Lipinski definition) is 2. The number of carboxylic acids is 1. The van der Waals surface area contributed by atoms with Crippen LogP contribution in [0.25, 0.3) is 0 Å². The van der Waals surface area contributed by atoms with Crippen molar-refractivity contribution >= 4 is 12.0 Å². The smallest absolute Gasteiger partial charge is 0.317 e. The Hall–Kier alpha value is -2.04. The molecule has 2 N–H and O–H groups in total. The van der Waals surface area contributed by atoms with Crippen LogP contribution in [-0.4, -0.2) is 41.1 Å². The van der Waals surface area contributed by atoms with Gasteiger partial charge in [0.15, 0.2) is 0 Å². The van der Waals surface area contributed by atoms with E-state index >= 15 is 0 Å². The molecule has 2 amide bonds. The summed E-state index contributed by atoms with van der Waals surface area (Å²) in [6.45, 7) is 1.58. The number of hydrogen-bond donors (Lipinski definition) is 2. The second kappa shape index (κ2) is 7.69. The fraction of sp³-hybridized carbons (Fsp3) is 0.579. The van der Waals surface area contributed by atoms with E-state index in [1.807, 2.05) is 11.0 Å². The quantitative estimate of drug-likeness (QED) is 0.894. The fourth-order valence-electron chi connectivity index (χ4n) is 3.89. The van der Waals surface area contributed by atoms with Gasteiger partial charge in [-0.25, -0.2) is 4.79 Å². The summed E-state index contributed by atoms with van der Waals surface area (Å²) in [4.78, 5) is 25.3. The average molecular weight is 330 g/mol. The van der Waals surface area contributed by atoms with Gasteiger partial charge >= 0.3 is 12.0 Å². The molecule has 0 spiro atoms. The molecule has 3 rings (SSSR count). The molecule has 0 atom stereocenters. The van der Waals surface area contributed by atoms with E-state index in [1.54, 1.807) is 0 Å². The molecule has 0 unspecified atom stereocenters. The Labute approximate surface area is 143 Å². The topological polar surface area (TPSA) is 69.6 Å². The SMILES string of the molecule is O=C(O)C1CCC(NC(=O)N2CCC(c3ccccc3)CC2)CC1. The summed E-state index contributed by atoms with van der Waals surface area (Å²) in [5.41, 5.74) is 1.37. The molecule has 24 heavy (non-hydrogen) atoms. The average Bonchev–Trinajstić information content (AvgIpc) is 2.63. The number of amides is 2. The molecule has 1 heterocycles. The first kappa shape index (κ1) is 16.8. The third kappa shape index (κ3) is 4.08. The number of nitrogens with zero attached hydrogens (tertiary/aromatic N) is 1. The zero-order chi connectivity index (χ0) is 16.9. The molecule has 1 saturated carbocycles. The summed E-state index contributed by atoms with van der Waals surface area (Å²) in [7, 11) is 0. The van der Waals surface area contributed by atoms with E-state index in [9.17, 15) is 9.59 Å². The molecule has 5 heteroatoms. The molecule has 2 aliphatic rings. The maximum absolute atomic E-state index is 12.4. The number of urea groups is 1. The Morgan fingerprint density at radius 3 is 2.17 bits per heavy atom. The number of carbonyl (C=O) groups is 2. The molecule has 1 saturated heterocycles. The summed E-state index contributed by atoms with van der Waals surface area (Å²) in [6, 6.07) is 10.7. The summed E-state index contributed by atoms with van der Waals surface area (Å²) in [6.07, 6.45) is 4.87. The van der Waals surface area contributed by atoms with Gasteiger partial charge in [0.2, 0.25) is 0 Å². The van der Waals surface area contributed by atoms with E-state index in [0.29, 0.717) is 18.8 Å². The van der Waals surface area contributed by atoms with Crippen LogP contribution in [0, 0.1) is 5.92 Å². The van der Waals surface area contributed by atoms with Crippen molar-refractivity contribution in [3.05, 3.63) is 35.9 Å². The highest BCUT2D eigenvalue weighted by molar-refractivity contribution is 5.75. The lowest BCUT2D eigenvalue weighted by Gasteiger charge is -2.34. The third-order valence-corrected chi connectivity index (χ3v) is 5.46. The fourth-order valence-corrected chi connectivity index (χ4v) is 3.89. The van der Waals surface area contributed by atoms with E-state index in [0.717, 1.165) is 38.8 Å². The lowest BCUT2D eigenvalue weighted by atomic mass is 9.86. The summed E-state index contributed by atoms with van der Waals surface area (Å²) in [5, 5.41) is 12.1. The van der Waals surface area contributed by atoms with E-state index in [2.05, 4.69) is 29.6 Å². The van der Waals surface area contributed by atoms with Crippen molar-refractivity contribution in [2.24, 2.45) is 5.92 Å². The van der Waals surface area contributed by atoms with Crippen LogP contribution in [0.5, 0.6) is 0 Å². The van der Waals surface area contributed by atoms with Gasteiger partial charge in [0, 0.05) is 19.1 Å². The molecular formula is C19H26N2O3. The Balaban J connectivity index is 1.43. The molecule has 1 aliphatic carbocycles. The highest BCUT2D eigenvalue weighted by atomic mass is 16.4. The molecule has 0 aromatic heterocycles. The van der Waals surface area contributed by atoms with Crippen molar-refractivity contribution < 1.29 is 14.7 Å². The van der Waals surface area contributed by atoms with E-state index in [1.165, 1.54) is 5.56 Å². The van der Waals surface area contributed by atoms with Gasteiger partial charge in [0.25, 0.3) is 0 Å². The van der Waals surface area contributed by atoms with Crippen molar-refractivity contribution in [3.63, 3.8) is 0 Å². The number of rotatable bonds is 3. The monoisotopic (exact) mass is 330 g/mol. The maximum Gasteiger partial charge on any atom is 0.317 e. The van der Waals surface area contributed by atoms with Gasteiger partial charge in [0.05, 0.1) is 5.92 Å². The standard InChI is InChI=1S/C19H26N2O3/c22-18(23)16-6-8-17(9-7-16)20-19(24)21-12-10-15(11-13-21)14-4-2-1-3-5-14/h1-5,15-17H,6-13H2,(H,20,24)(H,22,23). The van der Waals surface area contributed by atoms with Gasteiger partial charge in [0.1, 0.15) is 0 Å². The highest BCUT2D eigenvalue weighted by Crippen LogP contribution is 2.28. The summed E-state index contributed by atoms with van der Waals surface area (Å²) < 4.78 is 0. The maximum atomic E-state index is 12.4. The molecule has 0 radical (unpaired) electrons. The second-order valence-corrected chi connectivity index (χ2v) is 7.01.